The fourth-order valence-corrected chi connectivity index (χ4v) is 3.38. The number of nitrogens with zero attached hydrogens (tertiary/aromatic N) is 3. The zero-order chi connectivity index (χ0) is 22.5. The molecule has 0 aliphatic carbocycles. The first-order chi connectivity index (χ1) is 15.0. The van der Waals surface area contributed by atoms with Crippen LogP contribution in [0.1, 0.15) is 27.1 Å². The number of amides is 2. The molecule has 10 heteroatoms. The quantitative estimate of drug-likeness (QED) is 0.657. The molecule has 31 heavy (non-hydrogen) atoms. The predicted molar refractivity (Wildman–Crippen MR) is 110 cm³/mol. The van der Waals surface area contributed by atoms with Gasteiger partial charge in [0.25, 0.3) is 11.8 Å². The zero-order valence-electron chi connectivity index (χ0n) is 18.1. The summed E-state index contributed by atoms with van der Waals surface area (Å²) in [5.41, 5.74) is 0.530. The van der Waals surface area contributed by atoms with E-state index < -0.39 is 5.91 Å². The molecule has 2 amide bonds. The Morgan fingerprint density at radius 2 is 1.42 bits per heavy atom. The van der Waals surface area contributed by atoms with Crippen LogP contribution in [0.4, 0.5) is 0 Å². The Balaban J connectivity index is 1.93. The number of hydrogen-bond donors (Lipinski definition) is 0. The molecule has 3 rings (SSSR count). The van der Waals surface area contributed by atoms with Crippen LogP contribution in [0.25, 0.3) is 0 Å². The van der Waals surface area contributed by atoms with Crippen LogP contribution in [0.2, 0.25) is 0 Å². The highest BCUT2D eigenvalue weighted by atomic mass is 16.5. The van der Waals surface area contributed by atoms with Gasteiger partial charge in [0, 0.05) is 24.7 Å². The minimum atomic E-state index is -0.398. The SMILES string of the molecule is COc1ccc(C(=O)N2CCCN2C(=O)c2cc(OC)c(OC)c(OC)c2)c(OC)n1. The van der Waals surface area contributed by atoms with Gasteiger partial charge in [0.2, 0.25) is 17.5 Å². The largest absolute Gasteiger partial charge is 0.493 e. The Kier molecular flexibility index (Phi) is 6.68. The average molecular weight is 431 g/mol. The molecule has 166 valence electrons. The van der Waals surface area contributed by atoms with Crippen molar-refractivity contribution in [2.45, 2.75) is 6.42 Å². The number of rotatable bonds is 7. The minimum Gasteiger partial charge on any atom is -0.493 e. The maximum atomic E-state index is 13.3. The maximum absolute atomic E-state index is 13.3. The summed E-state index contributed by atoms with van der Waals surface area (Å²) in [6.07, 6.45) is 0.633. The van der Waals surface area contributed by atoms with E-state index in [-0.39, 0.29) is 17.4 Å². The Labute approximate surface area is 180 Å². The van der Waals surface area contributed by atoms with Gasteiger partial charge in [0.1, 0.15) is 5.56 Å². The highest BCUT2D eigenvalue weighted by molar-refractivity contribution is 6.01. The molecule has 0 radical (unpaired) electrons. The lowest BCUT2D eigenvalue weighted by molar-refractivity contribution is 0.0183. The average Bonchev–Trinajstić information content (AvgIpc) is 3.31. The van der Waals surface area contributed by atoms with Gasteiger partial charge in [0.05, 0.1) is 35.5 Å². The van der Waals surface area contributed by atoms with Crippen LogP contribution in [0.5, 0.6) is 29.0 Å². The van der Waals surface area contributed by atoms with E-state index in [4.69, 9.17) is 23.7 Å². The molecular weight excluding hydrogens is 406 g/mol. The molecule has 2 aromatic rings. The van der Waals surface area contributed by atoms with E-state index in [2.05, 4.69) is 4.98 Å². The molecule has 0 atom stereocenters. The summed E-state index contributed by atoms with van der Waals surface area (Å²) in [5, 5.41) is 2.78. The van der Waals surface area contributed by atoms with Crippen molar-refractivity contribution in [1.29, 1.82) is 0 Å². The first-order valence-corrected chi connectivity index (χ1v) is 9.51. The number of carbonyl (C=O) groups excluding carboxylic acids is 2. The van der Waals surface area contributed by atoms with Gasteiger partial charge in [-0.3, -0.25) is 9.59 Å². The van der Waals surface area contributed by atoms with Crippen molar-refractivity contribution in [1.82, 2.24) is 15.0 Å². The third-order valence-corrected chi connectivity index (χ3v) is 4.88. The molecular formula is C21H25N3O7. The van der Waals surface area contributed by atoms with Crippen LogP contribution < -0.4 is 23.7 Å². The highest BCUT2D eigenvalue weighted by Gasteiger charge is 2.34. The summed E-state index contributed by atoms with van der Waals surface area (Å²) >= 11 is 0. The number of ether oxygens (including phenoxy) is 5. The Hall–Kier alpha value is -3.69. The van der Waals surface area contributed by atoms with E-state index in [9.17, 15) is 9.59 Å². The topological polar surface area (TPSA) is 99.7 Å². The Bertz CT molecular complexity index is 954. The molecule has 0 bridgehead atoms. The number of pyridine rings is 1. The van der Waals surface area contributed by atoms with Crippen molar-refractivity contribution < 1.29 is 33.3 Å². The lowest BCUT2D eigenvalue weighted by Gasteiger charge is -2.28. The Morgan fingerprint density at radius 1 is 0.806 bits per heavy atom. The van der Waals surface area contributed by atoms with Crippen molar-refractivity contribution >= 4 is 11.8 Å². The van der Waals surface area contributed by atoms with Crippen LogP contribution in [0.15, 0.2) is 24.3 Å². The van der Waals surface area contributed by atoms with Gasteiger partial charge in [0.15, 0.2) is 11.5 Å². The lowest BCUT2D eigenvalue weighted by atomic mass is 10.1. The van der Waals surface area contributed by atoms with Gasteiger partial charge < -0.3 is 23.7 Å². The van der Waals surface area contributed by atoms with Crippen LogP contribution >= 0.6 is 0 Å². The molecule has 1 aliphatic rings. The molecule has 0 saturated carbocycles. The van der Waals surface area contributed by atoms with Gasteiger partial charge in [-0.1, -0.05) is 0 Å². The predicted octanol–water partition coefficient (Wildman–Crippen LogP) is 2.03. The van der Waals surface area contributed by atoms with E-state index in [1.54, 1.807) is 24.3 Å². The second kappa shape index (κ2) is 9.41. The van der Waals surface area contributed by atoms with E-state index in [0.717, 1.165) is 0 Å². The van der Waals surface area contributed by atoms with Gasteiger partial charge in [-0.15, -0.1) is 0 Å². The summed E-state index contributed by atoms with van der Waals surface area (Å²) in [4.78, 5) is 30.7. The van der Waals surface area contributed by atoms with Crippen LogP contribution in [0, 0.1) is 0 Å². The summed E-state index contributed by atoms with van der Waals surface area (Å²) in [5.74, 6) is 0.754. The van der Waals surface area contributed by atoms with Crippen molar-refractivity contribution in [2.75, 3.05) is 48.6 Å². The standard InChI is InChI=1S/C21H25N3O7/c1-27-15-11-13(12-16(28-2)18(15)30-4)20(25)23-9-6-10-24(23)21(26)14-7-8-17(29-3)22-19(14)31-5/h7-8,11-12H,6,9-10H2,1-5H3. The number of methoxy groups -OCH3 is 5. The van der Waals surface area contributed by atoms with Crippen LogP contribution in [-0.4, -0.2) is 75.5 Å². The molecule has 0 N–H and O–H groups in total. The molecule has 1 aromatic heterocycles. The van der Waals surface area contributed by atoms with Crippen molar-refractivity contribution in [3.63, 3.8) is 0 Å². The van der Waals surface area contributed by atoms with E-state index in [1.807, 2.05) is 0 Å². The number of benzene rings is 1. The summed E-state index contributed by atoms with van der Waals surface area (Å²) in [6.45, 7) is 0.761. The van der Waals surface area contributed by atoms with Crippen LogP contribution in [0.3, 0.4) is 0 Å². The van der Waals surface area contributed by atoms with Crippen molar-refractivity contribution in [3.8, 4) is 29.0 Å². The molecule has 0 unspecified atom stereocenters. The summed E-state index contributed by atoms with van der Waals surface area (Å²) in [6, 6.07) is 6.24. The smallest absolute Gasteiger partial charge is 0.277 e. The molecule has 1 aromatic carbocycles. The van der Waals surface area contributed by atoms with Gasteiger partial charge >= 0.3 is 0 Å². The first-order valence-electron chi connectivity index (χ1n) is 9.51. The first kappa shape index (κ1) is 22.0. The van der Waals surface area contributed by atoms with Crippen molar-refractivity contribution in [3.05, 3.63) is 35.4 Å². The van der Waals surface area contributed by atoms with Crippen molar-refractivity contribution in [2.24, 2.45) is 0 Å². The summed E-state index contributed by atoms with van der Waals surface area (Å²) < 4.78 is 26.3. The van der Waals surface area contributed by atoms with E-state index in [0.29, 0.717) is 48.2 Å². The highest BCUT2D eigenvalue weighted by Crippen LogP contribution is 2.38. The molecule has 0 spiro atoms. The minimum absolute atomic E-state index is 0.122. The Morgan fingerprint density at radius 3 is 1.94 bits per heavy atom. The second-order valence-electron chi connectivity index (χ2n) is 6.53. The summed E-state index contributed by atoms with van der Waals surface area (Å²) in [7, 11) is 7.32. The number of hydrogen-bond acceptors (Lipinski definition) is 8. The monoisotopic (exact) mass is 431 g/mol. The van der Waals surface area contributed by atoms with Crippen LogP contribution in [-0.2, 0) is 0 Å². The van der Waals surface area contributed by atoms with E-state index in [1.165, 1.54) is 45.6 Å². The number of carbonyl (C=O) groups is 2. The molecule has 2 heterocycles. The fraction of sp³-hybridized carbons (Fsp3) is 0.381. The third-order valence-electron chi connectivity index (χ3n) is 4.88. The fourth-order valence-electron chi connectivity index (χ4n) is 3.38. The van der Waals surface area contributed by atoms with E-state index >= 15 is 0 Å². The van der Waals surface area contributed by atoms with Gasteiger partial charge in [-0.05, 0) is 24.6 Å². The normalized spacial score (nSPS) is 13.1. The van der Waals surface area contributed by atoms with Gasteiger partial charge in [-0.25, -0.2) is 10.0 Å². The zero-order valence-corrected chi connectivity index (χ0v) is 18.1. The van der Waals surface area contributed by atoms with Gasteiger partial charge in [-0.2, -0.15) is 4.98 Å². The molecule has 1 fully saturated rings. The maximum Gasteiger partial charge on any atom is 0.277 e. The second-order valence-corrected chi connectivity index (χ2v) is 6.53. The number of aromatic nitrogens is 1. The number of hydrazine groups is 1. The molecule has 1 aliphatic heterocycles. The third kappa shape index (κ3) is 4.14. The molecule has 10 nitrogen and oxygen atoms in total. The lowest BCUT2D eigenvalue weighted by Crippen LogP contribution is -2.45. The molecule has 1 saturated heterocycles.